The molecule has 4 aromatic rings. The van der Waals surface area contributed by atoms with Gasteiger partial charge in [0.2, 0.25) is 0 Å². The van der Waals surface area contributed by atoms with Crippen molar-refractivity contribution in [3.05, 3.63) is 106 Å². The number of hydrogen-bond acceptors (Lipinski definition) is 6. The fourth-order valence-electron chi connectivity index (χ4n) is 6.26. The SMILES string of the molecule is COc1ccc(-n2c(C)cc([C@@H]3[C@H](c4ccccn4)NC(=S)N3c3ccc(OC4CCCC4)cc3)c2C)c([N+](=O)[O-])c1. The second kappa shape index (κ2) is 11.4. The summed E-state index contributed by atoms with van der Waals surface area (Å²) in [5.41, 5.74) is 4.97. The van der Waals surface area contributed by atoms with Gasteiger partial charge in [-0.1, -0.05) is 6.07 Å². The summed E-state index contributed by atoms with van der Waals surface area (Å²) >= 11 is 5.93. The smallest absolute Gasteiger partial charge is 0.296 e. The molecule has 216 valence electrons. The normalized spacial score (nSPS) is 18.7. The Morgan fingerprint density at radius 3 is 2.43 bits per heavy atom. The van der Waals surface area contributed by atoms with Crippen LogP contribution < -0.4 is 19.7 Å². The highest BCUT2D eigenvalue weighted by Crippen LogP contribution is 2.44. The summed E-state index contributed by atoms with van der Waals surface area (Å²) in [7, 11) is 1.50. The molecule has 2 aromatic carbocycles. The molecule has 1 aliphatic heterocycles. The highest BCUT2D eigenvalue weighted by Gasteiger charge is 2.42. The fourth-order valence-corrected chi connectivity index (χ4v) is 6.60. The Morgan fingerprint density at radius 1 is 1.02 bits per heavy atom. The van der Waals surface area contributed by atoms with E-state index >= 15 is 0 Å². The zero-order valence-electron chi connectivity index (χ0n) is 23.8. The topological polar surface area (TPSA) is 94.7 Å². The predicted molar refractivity (Wildman–Crippen MR) is 166 cm³/mol. The van der Waals surface area contributed by atoms with Gasteiger partial charge >= 0.3 is 0 Å². The molecule has 9 nitrogen and oxygen atoms in total. The minimum Gasteiger partial charge on any atom is -0.496 e. The first-order valence-electron chi connectivity index (χ1n) is 14.1. The highest BCUT2D eigenvalue weighted by molar-refractivity contribution is 7.80. The van der Waals surface area contributed by atoms with E-state index in [1.165, 1.54) is 26.0 Å². The van der Waals surface area contributed by atoms with Gasteiger partial charge in [0.1, 0.15) is 17.2 Å². The average Bonchev–Trinajstić information content (AvgIpc) is 3.71. The van der Waals surface area contributed by atoms with E-state index < -0.39 is 0 Å². The number of nitro benzene ring substituents is 1. The van der Waals surface area contributed by atoms with E-state index in [2.05, 4.69) is 21.3 Å². The molecule has 0 amide bonds. The molecular weight excluding hydrogens is 550 g/mol. The van der Waals surface area contributed by atoms with Crippen LogP contribution in [0.4, 0.5) is 11.4 Å². The van der Waals surface area contributed by atoms with Gasteiger partial charge in [0.25, 0.3) is 5.69 Å². The van der Waals surface area contributed by atoms with Crippen molar-refractivity contribution in [3.63, 3.8) is 0 Å². The minimum atomic E-state index is -0.374. The van der Waals surface area contributed by atoms with Gasteiger partial charge in [-0.2, -0.15) is 0 Å². The summed E-state index contributed by atoms with van der Waals surface area (Å²) in [5, 5.41) is 16.2. The van der Waals surface area contributed by atoms with Crippen LogP contribution in [0.1, 0.15) is 60.4 Å². The van der Waals surface area contributed by atoms with Gasteiger partial charge in [0.15, 0.2) is 5.11 Å². The number of nitrogens with zero attached hydrogens (tertiary/aromatic N) is 4. The quantitative estimate of drug-likeness (QED) is 0.136. The second-order valence-electron chi connectivity index (χ2n) is 10.8. The lowest BCUT2D eigenvalue weighted by molar-refractivity contribution is -0.384. The van der Waals surface area contributed by atoms with Crippen LogP contribution in [-0.4, -0.2) is 32.8 Å². The van der Waals surface area contributed by atoms with E-state index in [0.29, 0.717) is 16.5 Å². The molecule has 0 radical (unpaired) electrons. The van der Waals surface area contributed by atoms with Crippen LogP contribution in [0.3, 0.4) is 0 Å². The molecule has 0 spiro atoms. The van der Waals surface area contributed by atoms with Gasteiger partial charge < -0.3 is 24.3 Å². The Bertz CT molecular complexity index is 1620. The van der Waals surface area contributed by atoms with E-state index in [4.69, 9.17) is 21.7 Å². The number of nitrogens with one attached hydrogen (secondary N) is 1. The molecule has 1 saturated carbocycles. The molecule has 2 fully saturated rings. The lowest BCUT2D eigenvalue weighted by Crippen LogP contribution is -2.29. The predicted octanol–water partition coefficient (Wildman–Crippen LogP) is 6.90. The van der Waals surface area contributed by atoms with Gasteiger partial charge in [-0.05, 0) is 112 Å². The first-order valence-corrected chi connectivity index (χ1v) is 14.6. The third-order valence-electron chi connectivity index (χ3n) is 8.23. The molecule has 1 saturated heterocycles. The number of nitro groups is 1. The number of ether oxygens (including phenoxy) is 2. The Kier molecular flexibility index (Phi) is 7.55. The molecule has 2 aliphatic rings. The Hall–Kier alpha value is -4.44. The van der Waals surface area contributed by atoms with Crippen LogP contribution in [0, 0.1) is 24.0 Å². The number of thiocarbonyl (C=S) groups is 1. The standard InChI is InChI=1S/C32H33N5O4S/c1-20-18-26(21(2)35(20)28-16-15-25(40-3)19-29(28)37(38)39)31-30(27-10-6-7-17-33-27)34-32(42)36(31)22-11-13-24(14-12-22)41-23-8-4-5-9-23/h6-7,10-19,23,30-31H,4-5,8-9H2,1-3H3,(H,34,42)/t30-,31+/m0/s1. The number of aromatic nitrogens is 2. The van der Waals surface area contributed by atoms with Crippen molar-refractivity contribution in [2.45, 2.75) is 57.7 Å². The number of aryl methyl sites for hydroxylation is 1. The van der Waals surface area contributed by atoms with Gasteiger partial charge in [-0.15, -0.1) is 0 Å². The summed E-state index contributed by atoms with van der Waals surface area (Å²) in [6, 6.07) is 20.5. The molecule has 42 heavy (non-hydrogen) atoms. The number of anilines is 1. The molecule has 6 rings (SSSR count). The molecule has 10 heteroatoms. The Balaban J connectivity index is 1.44. The Morgan fingerprint density at radius 2 is 1.76 bits per heavy atom. The van der Waals surface area contributed by atoms with Crippen molar-refractivity contribution < 1.29 is 14.4 Å². The number of pyridine rings is 1. The maximum atomic E-state index is 12.1. The van der Waals surface area contributed by atoms with E-state index in [-0.39, 0.29) is 28.8 Å². The van der Waals surface area contributed by atoms with Crippen LogP contribution in [0.15, 0.2) is 72.9 Å². The van der Waals surface area contributed by atoms with Crippen molar-refractivity contribution in [2.24, 2.45) is 0 Å². The fraction of sp³-hybridized carbons (Fsp3) is 0.312. The number of hydrogen-bond donors (Lipinski definition) is 1. The molecule has 0 unspecified atom stereocenters. The van der Waals surface area contributed by atoms with Crippen molar-refractivity contribution >= 4 is 28.7 Å². The lowest BCUT2D eigenvalue weighted by Gasteiger charge is -2.28. The van der Waals surface area contributed by atoms with Crippen molar-refractivity contribution in [1.82, 2.24) is 14.9 Å². The highest BCUT2D eigenvalue weighted by atomic mass is 32.1. The van der Waals surface area contributed by atoms with Crippen LogP contribution in [0.2, 0.25) is 0 Å². The Labute approximate surface area is 250 Å². The van der Waals surface area contributed by atoms with E-state index in [0.717, 1.165) is 46.9 Å². The molecule has 1 N–H and O–H groups in total. The van der Waals surface area contributed by atoms with Crippen LogP contribution in [0.5, 0.6) is 11.5 Å². The van der Waals surface area contributed by atoms with E-state index in [9.17, 15) is 10.1 Å². The zero-order chi connectivity index (χ0) is 29.4. The van der Waals surface area contributed by atoms with Crippen LogP contribution >= 0.6 is 12.2 Å². The summed E-state index contributed by atoms with van der Waals surface area (Å²) in [4.78, 5) is 18.5. The van der Waals surface area contributed by atoms with E-state index in [1.807, 2.05) is 60.9 Å². The minimum absolute atomic E-state index is 0.0289. The van der Waals surface area contributed by atoms with Crippen molar-refractivity contribution in [1.29, 1.82) is 0 Å². The van der Waals surface area contributed by atoms with Crippen molar-refractivity contribution in [2.75, 3.05) is 12.0 Å². The number of benzene rings is 2. The molecular formula is C32H33N5O4S. The van der Waals surface area contributed by atoms with Gasteiger partial charge in [-0.3, -0.25) is 15.1 Å². The molecule has 1 aliphatic carbocycles. The number of rotatable bonds is 8. The maximum Gasteiger partial charge on any atom is 0.296 e. The first kappa shape index (κ1) is 27.7. The summed E-state index contributed by atoms with van der Waals surface area (Å²) < 4.78 is 13.4. The van der Waals surface area contributed by atoms with Crippen LogP contribution in [-0.2, 0) is 0 Å². The largest absolute Gasteiger partial charge is 0.496 e. The number of methoxy groups -OCH3 is 1. The first-order chi connectivity index (χ1) is 20.4. The summed E-state index contributed by atoms with van der Waals surface area (Å²) in [5.74, 6) is 1.28. The monoisotopic (exact) mass is 583 g/mol. The van der Waals surface area contributed by atoms with Gasteiger partial charge in [-0.25, -0.2) is 0 Å². The van der Waals surface area contributed by atoms with Crippen LogP contribution in [0.25, 0.3) is 5.69 Å². The second-order valence-corrected chi connectivity index (χ2v) is 11.2. The summed E-state index contributed by atoms with van der Waals surface area (Å²) in [6.07, 6.45) is 6.67. The van der Waals surface area contributed by atoms with Crippen molar-refractivity contribution in [3.8, 4) is 17.2 Å². The van der Waals surface area contributed by atoms with Gasteiger partial charge in [0, 0.05) is 23.3 Å². The molecule has 2 aromatic heterocycles. The molecule has 2 atom stereocenters. The molecule has 0 bridgehead atoms. The van der Waals surface area contributed by atoms with E-state index in [1.54, 1.807) is 18.3 Å². The van der Waals surface area contributed by atoms with Gasteiger partial charge in [0.05, 0.1) is 42.0 Å². The summed E-state index contributed by atoms with van der Waals surface area (Å²) in [6.45, 7) is 3.95. The molecule has 3 heterocycles. The maximum absolute atomic E-state index is 12.1. The third kappa shape index (κ3) is 5.07. The lowest BCUT2D eigenvalue weighted by atomic mass is 9.96. The zero-order valence-corrected chi connectivity index (χ0v) is 24.6. The third-order valence-corrected chi connectivity index (χ3v) is 8.54. The average molecular weight is 584 g/mol.